The summed E-state index contributed by atoms with van der Waals surface area (Å²) >= 11 is 0. The molecule has 4 aromatic carbocycles. The minimum absolute atomic E-state index is 0.0723. The molecule has 8 rings (SSSR count). The first-order chi connectivity index (χ1) is 28.0. The molecule has 0 aliphatic carbocycles. The lowest BCUT2D eigenvalue weighted by Crippen LogP contribution is -2.46. The van der Waals surface area contributed by atoms with Crippen molar-refractivity contribution in [3.05, 3.63) is 151 Å². The molecule has 0 unspecified atom stereocenters. The molecule has 12 nitrogen and oxygen atoms in total. The minimum atomic E-state index is -0.526. The molecule has 14 heteroatoms. The highest BCUT2D eigenvalue weighted by atomic mass is 19.1. The number of nitrogens with zero attached hydrogens (tertiary/aromatic N) is 4. The topological polar surface area (TPSA) is 156 Å². The number of benzene rings is 4. The largest absolute Gasteiger partial charge is 0.336 e. The number of nitrogens with one attached hydrogen (secondary N) is 4. The molecule has 4 N–H and O–H groups in total. The van der Waals surface area contributed by atoms with E-state index in [4.69, 9.17) is 0 Å². The van der Waals surface area contributed by atoms with Gasteiger partial charge in [0.05, 0.1) is 33.3 Å². The Labute approximate surface area is 334 Å². The van der Waals surface area contributed by atoms with Crippen LogP contribution in [-0.2, 0) is 12.8 Å². The van der Waals surface area contributed by atoms with Gasteiger partial charge in [0.1, 0.15) is 11.6 Å². The summed E-state index contributed by atoms with van der Waals surface area (Å²) in [5.41, 5.74) is 2.53. The first-order valence-electron chi connectivity index (χ1n) is 19.5. The summed E-state index contributed by atoms with van der Waals surface area (Å²) in [7, 11) is 0. The second kappa shape index (κ2) is 19.4. The molecule has 0 spiro atoms. The quantitative estimate of drug-likeness (QED) is 0.183. The maximum absolute atomic E-state index is 14.3. The Morgan fingerprint density at radius 1 is 0.586 bits per heavy atom. The fraction of sp³-hybridized carbons (Fsp3) is 0.318. The average Bonchev–Trinajstić information content (AvgIpc) is 3.24. The molecule has 0 bridgehead atoms. The molecule has 58 heavy (non-hydrogen) atoms. The number of fused-ring (bicyclic) bond motifs is 2. The summed E-state index contributed by atoms with van der Waals surface area (Å²) in [5.74, 6) is -0.812. The summed E-state index contributed by atoms with van der Waals surface area (Å²) in [4.78, 5) is 52.5. The number of amides is 2. The number of aromatic amines is 2. The molecule has 2 amide bonds. The van der Waals surface area contributed by atoms with E-state index < -0.39 is 11.6 Å². The number of hydrogen-bond donors (Lipinski definition) is 4. The lowest BCUT2D eigenvalue weighted by molar-refractivity contribution is 0.0723. The average molecular weight is 791 g/mol. The second-order valence-electron chi connectivity index (χ2n) is 14.9. The van der Waals surface area contributed by atoms with Crippen LogP contribution in [0.15, 0.2) is 94.5 Å². The second-order valence-corrected chi connectivity index (χ2v) is 14.9. The highest BCUT2D eigenvalue weighted by Crippen LogP contribution is 2.21. The van der Waals surface area contributed by atoms with Gasteiger partial charge < -0.3 is 20.4 Å². The monoisotopic (exact) mass is 790 g/mol. The van der Waals surface area contributed by atoms with Crippen LogP contribution in [0.25, 0.3) is 21.5 Å². The Hall–Kier alpha value is -6.12. The summed E-state index contributed by atoms with van der Waals surface area (Å²) in [5, 5.41) is 22.3. The molecule has 2 saturated heterocycles. The number of carbonyl (C=O) groups is 2. The third-order valence-electron chi connectivity index (χ3n) is 9.62. The van der Waals surface area contributed by atoms with Gasteiger partial charge in [0.15, 0.2) is 0 Å². The number of piperazine rings is 2. The van der Waals surface area contributed by atoms with Crippen molar-refractivity contribution in [2.24, 2.45) is 5.92 Å². The van der Waals surface area contributed by atoms with E-state index in [0.717, 1.165) is 27.8 Å². The predicted molar refractivity (Wildman–Crippen MR) is 221 cm³/mol. The van der Waals surface area contributed by atoms with Crippen LogP contribution in [0.3, 0.4) is 0 Å². The molecule has 2 aliphatic rings. The van der Waals surface area contributed by atoms with Gasteiger partial charge in [0.2, 0.25) is 0 Å². The van der Waals surface area contributed by atoms with E-state index in [0.29, 0.717) is 87.4 Å². The van der Waals surface area contributed by atoms with Crippen molar-refractivity contribution >= 4 is 33.4 Å². The minimum Gasteiger partial charge on any atom is -0.336 e. The van der Waals surface area contributed by atoms with Crippen LogP contribution in [-0.4, -0.2) is 94.4 Å². The molecule has 0 atom stereocenters. The van der Waals surface area contributed by atoms with Gasteiger partial charge in [-0.3, -0.25) is 19.2 Å². The van der Waals surface area contributed by atoms with Gasteiger partial charge in [-0.1, -0.05) is 69.3 Å². The molecular formula is C44H48F2N8O4. The smallest absolute Gasteiger partial charge is 0.272 e. The zero-order valence-corrected chi connectivity index (χ0v) is 32.9. The van der Waals surface area contributed by atoms with Crippen molar-refractivity contribution in [3.8, 4) is 0 Å². The molecule has 2 fully saturated rings. The van der Waals surface area contributed by atoms with Gasteiger partial charge in [0, 0.05) is 76.0 Å². The fourth-order valence-electron chi connectivity index (χ4n) is 6.77. The summed E-state index contributed by atoms with van der Waals surface area (Å²) in [6, 6.07) is 23.5. The van der Waals surface area contributed by atoms with Crippen LogP contribution in [0.2, 0.25) is 0 Å². The van der Waals surface area contributed by atoms with Crippen LogP contribution < -0.4 is 21.8 Å². The van der Waals surface area contributed by atoms with Crippen molar-refractivity contribution in [3.63, 3.8) is 0 Å². The van der Waals surface area contributed by atoms with Gasteiger partial charge in [-0.2, -0.15) is 10.2 Å². The number of halogens is 2. The van der Waals surface area contributed by atoms with E-state index in [9.17, 15) is 28.0 Å². The van der Waals surface area contributed by atoms with Gasteiger partial charge in [0.25, 0.3) is 22.9 Å². The Morgan fingerprint density at radius 2 is 0.931 bits per heavy atom. The summed E-state index contributed by atoms with van der Waals surface area (Å²) < 4.78 is 28.6. The number of carbonyl (C=O) groups excluding carboxylic acids is 2. The molecule has 2 aliphatic heterocycles. The highest BCUT2D eigenvalue weighted by Gasteiger charge is 2.23. The molecule has 6 aromatic rings. The van der Waals surface area contributed by atoms with Crippen LogP contribution in [0.1, 0.15) is 64.0 Å². The van der Waals surface area contributed by atoms with Gasteiger partial charge in [-0.15, -0.1) is 0 Å². The third kappa shape index (κ3) is 10.2. The Bertz CT molecular complexity index is 2340. The Balaban J connectivity index is 0.000000179. The molecule has 0 radical (unpaired) electrons. The zero-order chi connectivity index (χ0) is 41.2. The predicted octanol–water partition coefficient (Wildman–Crippen LogP) is 5.06. The van der Waals surface area contributed by atoms with E-state index in [1.807, 2.05) is 24.3 Å². The van der Waals surface area contributed by atoms with Crippen LogP contribution in [0, 0.1) is 17.6 Å². The first kappa shape index (κ1) is 41.5. The van der Waals surface area contributed by atoms with E-state index in [1.165, 1.54) is 12.1 Å². The van der Waals surface area contributed by atoms with Gasteiger partial charge in [-0.05, 0) is 53.4 Å². The van der Waals surface area contributed by atoms with E-state index in [2.05, 4.69) is 51.8 Å². The highest BCUT2D eigenvalue weighted by molar-refractivity contribution is 5.95. The fourth-order valence-corrected chi connectivity index (χ4v) is 6.77. The lowest BCUT2D eigenvalue weighted by Gasteiger charge is -2.27. The van der Waals surface area contributed by atoms with E-state index in [-0.39, 0.29) is 34.1 Å². The number of H-pyrrole nitrogens is 2. The molecule has 302 valence electrons. The van der Waals surface area contributed by atoms with E-state index in [1.54, 1.807) is 58.3 Å². The van der Waals surface area contributed by atoms with Crippen LogP contribution in [0.5, 0.6) is 0 Å². The van der Waals surface area contributed by atoms with Gasteiger partial charge in [-0.25, -0.2) is 19.0 Å². The maximum atomic E-state index is 14.3. The van der Waals surface area contributed by atoms with Crippen molar-refractivity contribution in [2.45, 2.75) is 33.6 Å². The first-order valence-corrected chi connectivity index (χ1v) is 19.5. The standard InChI is InChI=1S/2C20H19FN4O2.C4H10/c2*21-17-6-5-13(11-16(17)20(27)25-9-7-22-8-10-25)12-18-14-3-1-2-4-15(14)19(26)24-23-18;1-4(2)3/h2*1-6,11,22H,7-10,12H2,(H,24,26);4H,1-3H3. The number of aromatic nitrogens is 4. The van der Waals surface area contributed by atoms with Crippen molar-refractivity contribution in [1.82, 2.24) is 40.8 Å². The summed E-state index contributed by atoms with van der Waals surface area (Å²) in [6.45, 7) is 11.6. The zero-order valence-electron chi connectivity index (χ0n) is 32.9. The summed E-state index contributed by atoms with van der Waals surface area (Å²) in [6.07, 6.45) is 0.777. The van der Waals surface area contributed by atoms with Gasteiger partial charge >= 0.3 is 0 Å². The number of rotatable bonds is 6. The third-order valence-corrected chi connectivity index (χ3v) is 9.62. The molecular weight excluding hydrogens is 743 g/mol. The van der Waals surface area contributed by atoms with Crippen molar-refractivity contribution < 1.29 is 18.4 Å². The normalized spacial score (nSPS) is 14.1. The van der Waals surface area contributed by atoms with Crippen LogP contribution in [0.4, 0.5) is 8.78 Å². The molecule has 4 heterocycles. The Kier molecular flexibility index (Phi) is 13.9. The van der Waals surface area contributed by atoms with E-state index >= 15 is 0 Å². The van der Waals surface area contributed by atoms with Crippen LogP contribution >= 0.6 is 0 Å². The molecule has 2 aromatic heterocycles. The Morgan fingerprint density at radius 3 is 1.29 bits per heavy atom. The molecule has 0 saturated carbocycles. The van der Waals surface area contributed by atoms with Crippen molar-refractivity contribution in [2.75, 3.05) is 52.4 Å². The maximum Gasteiger partial charge on any atom is 0.272 e. The number of hydrogen-bond acceptors (Lipinski definition) is 8. The van der Waals surface area contributed by atoms with Crippen molar-refractivity contribution in [1.29, 1.82) is 0 Å². The lowest BCUT2D eigenvalue weighted by atomic mass is 10.0. The SMILES string of the molecule is CC(C)C.O=C(c1cc(Cc2n[nH]c(=O)c3ccccc23)ccc1F)N1CCNCC1.O=C(c1cc(Cc2n[nH]c(=O)c3ccccc23)ccc1F)N1CCNCC1.